The number of likely N-dealkylation sites (N-methyl/N-ethyl adjacent to an activating group) is 1. The first-order valence-corrected chi connectivity index (χ1v) is 11.1. The molecule has 1 aliphatic heterocycles. The van der Waals surface area contributed by atoms with Gasteiger partial charge in [0.2, 0.25) is 5.91 Å². The van der Waals surface area contributed by atoms with E-state index in [1.54, 1.807) is 0 Å². The topological polar surface area (TPSA) is 29.5 Å². The van der Waals surface area contributed by atoms with Crippen LogP contribution in [-0.2, 0) is 15.1 Å². The van der Waals surface area contributed by atoms with Gasteiger partial charge >= 0.3 is 0 Å². The molecule has 1 heterocycles. The van der Waals surface area contributed by atoms with E-state index in [2.05, 4.69) is 72.8 Å². The minimum absolute atomic E-state index is 0.0583. The van der Waals surface area contributed by atoms with Crippen molar-refractivity contribution in [1.82, 2.24) is 4.90 Å². The molecular weight excluding hydrogens is 382 g/mol. The highest BCUT2D eigenvalue weighted by molar-refractivity contribution is 5.84. The number of likely N-dealkylation sites (tertiary alicyclic amines) is 1. The molecule has 1 atom stereocenters. The van der Waals surface area contributed by atoms with Crippen molar-refractivity contribution >= 4 is 5.91 Å². The average molecular weight is 414 g/mol. The van der Waals surface area contributed by atoms with Gasteiger partial charge in [-0.25, -0.2) is 0 Å². The lowest BCUT2D eigenvalue weighted by atomic mass is 9.80. The number of amides is 1. The van der Waals surface area contributed by atoms with Gasteiger partial charge in [-0.15, -0.1) is 0 Å². The highest BCUT2D eigenvalue weighted by Crippen LogP contribution is 2.42. The molecule has 0 bridgehead atoms. The summed E-state index contributed by atoms with van der Waals surface area (Å²) in [6, 6.07) is 31.2. The molecule has 1 fully saturated rings. The molecular formula is C28H31NO2. The maximum atomic E-state index is 12.9. The highest BCUT2D eigenvalue weighted by atomic mass is 16.5. The molecule has 0 saturated carbocycles. The van der Waals surface area contributed by atoms with Crippen LogP contribution in [0.2, 0.25) is 0 Å². The Bertz CT molecular complexity index is 902. The van der Waals surface area contributed by atoms with E-state index >= 15 is 0 Å². The fraction of sp³-hybridized carbons (Fsp3) is 0.321. The number of carbonyl (C=O) groups is 1. The third-order valence-corrected chi connectivity index (χ3v) is 6.40. The van der Waals surface area contributed by atoms with Crippen molar-refractivity contribution in [1.29, 1.82) is 0 Å². The third kappa shape index (κ3) is 3.90. The van der Waals surface area contributed by atoms with Crippen molar-refractivity contribution in [2.24, 2.45) is 5.41 Å². The summed E-state index contributed by atoms with van der Waals surface area (Å²) in [4.78, 5) is 14.9. The van der Waals surface area contributed by atoms with Crippen LogP contribution in [0, 0.1) is 5.41 Å². The van der Waals surface area contributed by atoms with E-state index in [-0.39, 0.29) is 17.4 Å². The Hall–Kier alpha value is -2.91. The molecule has 1 amide bonds. The van der Waals surface area contributed by atoms with E-state index in [1.807, 2.05) is 43.9 Å². The molecule has 0 spiro atoms. The fourth-order valence-electron chi connectivity index (χ4n) is 4.88. The summed E-state index contributed by atoms with van der Waals surface area (Å²) in [5.74, 6) is 0.216. The lowest BCUT2D eigenvalue weighted by Crippen LogP contribution is -2.41. The first-order valence-electron chi connectivity index (χ1n) is 11.1. The Labute approximate surface area is 185 Å². The number of carbonyl (C=O) groups excluding carboxylic acids is 1. The summed E-state index contributed by atoms with van der Waals surface area (Å²) < 4.78 is 6.95. The number of rotatable bonds is 7. The molecule has 0 radical (unpaired) electrons. The molecule has 1 unspecified atom stereocenters. The molecule has 3 aromatic carbocycles. The van der Waals surface area contributed by atoms with Crippen molar-refractivity contribution in [3.63, 3.8) is 0 Å². The van der Waals surface area contributed by atoms with E-state index in [0.29, 0.717) is 13.2 Å². The van der Waals surface area contributed by atoms with Crippen molar-refractivity contribution in [2.45, 2.75) is 38.8 Å². The monoisotopic (exact) mass is 413 g/mol. The second-order valence-electron chi connectivity index (χ2n) is 8.92. The van der Waals surface area contributed by atoms with Gasteiger partial charge in [0.25, 0.3) is 0 Å². The van der Waals surface area contributed by atoms with E-state index in [9.17, 15) is 4.79 Å². The molecule has 3 nitrogen and oxygen atoms in total. The normalized spacial score (nSPS) is 18.4. The van der Waals surface area contributed by atoms with Crippen molar-refractivity contribution in [3.05, 3.63) is 108 Å². The Kier molecular flexibility index (Phi) is 5.97. The molecule has 4 rings (SSSR count). The Morgan fingerprint density at radius 1 is 0.839 bits per heavy atom. The van der Waals surface area contributed by atoms with Crippen LogP contribution >= 0.6 is 0 Å². The van der Waals surface area contributed by atoms with Gasteiger partial charge in [0.1, 0.15) is 5.60 Å². The van der Waals surface area contributed by atoms with Gasteiger partial charge in [0.05, 0.1) is 12.6 Å². The van der Waals surface area contributed by atoms with Crippen molar-refractivity contribution in [2.75, 3.05) is 13.2 Å². The number of hydrogen-bond donors (Lipinski definition) is 0. The fourth-order valence-corrected chi connectivity index (χ4v) is 4.88. The van der Waals surface area contributed by atoms with Crippen molar-refractivity contribution in [3.8, 4) is 0 Å². The van der Waals surface area contributed by atoms with Crippen LogP contribution in [0.5, 0.6) is 0 Å². The maximum absolute atomic E-state index is 12.9. The van der Waals surface area contributed by atoms with Gasteiger partial charge in [-0.1, -0.05) is 105 Å². The summed E-state index contributed by atoms with van der Waals surface area (Å²) in [5.41, 5.74) is 2.15. The highest BCUT2D eigenvalue weighted by Gasteiger charge is 2.46. The van der Waals surface area contributed by atoms with Crippen molar-refractivity contribution < 1.29 is 9.53 Å². The molecule has 0 N–H and O–H groups in total. The quantitative estimate of drug-likeness (QED) is 0.469. The standard InChI is InChI=1S/C28H31NO2/c1-4-29-25(20-27(2,3)26(29)30)21-31-28(22-14-8-5-9-15-22,23-16-10-6-11-17-23)24-18-12-7-13-19-24/h5-19,25H,4,20-21H2,1-3H3. The number of benzene rings is 3. The van der Waals surface area contributed by atoms with Crippen LogP contribution in [0.1, 0.15) is 43.9 Å². The second kappa shape index (κ2) is 8.68. The lowest BCUT2D eigenvalue weighted by Gasteiger charge is -2.37. The molecule has 160 valence electrons. The second-order valence-corrected chi connectivity index (χ2v) is 8.92. The van der Waals surface area contributed by atoms with E-state index < -0.39 is 5.60 Å². The number of nitrogens with zero attached hydrogens (tertiary/aromatic N) is 1. The van der Waals surface area contributed by atoms with Gasteiger partial charge in [0, 0.05) is 12.0 Å². The largest absolute Gasteiger partial charge is 0.359 e. The van der Waals surface area contributed by atoms with E-state index in [1.165, 1.54) is 0 Å². The zero-order valence-electron chi connectivity index (χ0n) is 18.6. The zero-order chi connectivity index (χ0) is 21.9. The van der Waals surface area contributed by atoms with Crippen LogP contribution in [0.3, 0.4) is 0 Å². The van der Waals surface area contributed by atoms with E-state index in [4.69, 9.17) is 4.74 Å². The maximum Gasteiger partial charge on any atom is 0.228 e. The smallest absolute Gasteiger partial charge is 0.228 e. The van der Waals surface area contributed by atoms with Gasteiger partial charge in [0.15, 0.2) is 0 Å². The third-order valence-electron chi connectivity index (χ3n) is 6.40. The van der Waals surface area contributed by atoms with Crippen LogP contribution in [0.15, 0.2) is 91.0 Å². The van der Waals surface area contributed by atoms with E-state index in [0.717, 1.165) is 23.1 Å². The molecule has 31 heavy (non-hydrogen) atoms. The lowest BCUT2D eigenvalue weighted by molar-refractivity contribution is -0.136. The first-order chi connectivity index (χ1) is 15.0. The summed E-state index contributed by atoms with van der Waals surface area (Å²) >= 11 is 0. The van der Waals surface area contributed by atoms with Gasteiger partial charge in [-0.05, 0) is 30.0 Å². The van der Waals surface area contributed by atoms with Crippen LogP contribution in [-0.4, -0.2) is 30.0 Å². The minimum Gasteiger partial charge on any atom is -0.359 e. The van der Waals surface area contributed by atoms with Gasteiger partial charge < -0.3 is 9.64 Å². The van der Waals surface area contributed by atoms with Gasteiger partial charge in [-0.2, -0.15) is 0 Å². The van der Waals surface area contributed by atoms with Crippen LogP contribution < -0.4 is 0 Å². The summed E-state index contributed by atoms with van der Waals surface area (Å²) in [6.45, 7) is 7.30. The van der Waals surface area contributed by atoms with Crippen LogP contribution in [0.4, 0.5) is 0 Å². The summed E-state index contributed by atoms with van der Waals surface area (Å²) in [6.07, 6.45) is 0.800. The number of ether oxygens (including phenoxy) is 1. The minimum atomic E-state index is -0.751. The summed E-state index contributed by atoms with van der Waals surface area (Å²) in [7, 11) is 0. The molecule has 0 aliphatic carbocycles. The molecule has 0 aromatic heterocycles. The van der Waals surface area contributed by atoms with Crippen LogP contribution in [0.25, 0.3) is 0 Å². The first kappa shape index (κ1) is 21.3. The Morgan fingerprint density at radius 2 is 1.26 bits per heavy atom. The molecule has 1 saturated heterocycles. The number of hydrogen-bond acceptors (Lipinski definition) is 2. The summed E-state index contributed by atoms with van der Waals surface area (Å²) in [5, 5.41) is 0. The molecule has 1 aliphatic rings. The Balaban J connectivity index is 1.80. The Morgan fingerprint density at radius 3 is 1.65 bits per heavy atom. The SMILES string of the molecule is CCN1C(=O)C(C)(C)CC1COC(c1ccccc1)(c1ccccc1)c1ccccc1. The average Bonchev–Trinajstić information content (AvgIpc) is 3.04. The molecule has 3 heteroatoms. The molecule has 3 aromatic rings. The van der Waals surface area contributed by atoms with Gasteiger partial charge in [-0.3, -0.25) is 4.79 Å². The predicted molar refractivity (Wildman–Crippen MR) is 125 cm³/mol. The predicted octanol–water partition coefficient (Wildman–Crippen LogP) is 5.64. The zero-order valence-corrected chi connectivity index (χ0v) is 18.6.